The molecule has 2 N–H and O–H groups in total. The van der Waals surface area contributed by atoms with Gasteiger partial charge in [-0.15, -0.1) is 0 Å². The van der Waals surface area contributed by atoms with Crippen LogP contribution < -0.4 is 14.8 Å². The number of rotatable bonds is 20. The Kier molecular flexibility index (Phi) is 15.0. The summed E-state index contributed by atoms with van der Waals surface area (Å²) in [5.74, 6) is 0.914. The molecule has 0 amide bonds. The van der Waals surface area contributed by atoms with E-state index in [1.165, 1.54) is 0 Å². The van der Waals surface area contributed by atoms with Crippen LogP contribution in [0, 0.1) is 0 Å². The minimum absolute atomic E-state index is 0.0333. The summed E-state index contributed by atoms with van der Waals surface area (Å²) in [5.41, 5.74) is 3.74. The van der Waals surface area contributed by atoms with Crippen LogP contribution in [0.4, 0.5) is 0 Å². The molecule has 0 saturated heterocycles. The van der Waals surface area contributed by atoms with Gasteiger partial charge in [0.15, 0.2) is 0 Å². The Balaban J connectivity index is 1.01. The molecular formula is C41H60N2O8SSi. The summed E-state index contributed by atoms with van der Waals surface area (Å²) in [4.78, 5) is 0.283. The Morgan fingerprint density at radius 3 is 2.47 bits per heavy atom. The fraction of sp³-hybridized carbons (Fsp3) is 0.561. The summed E-state index contributed by atoms with van der Waals surface area (Å²) < 4.78 is 58.8. The van der Waals surface area contributed by atoms with Gasteiger partial charge in [-0.2, -0.15) is 4.31 Å². The molecule has 2 aliphatic rings. The third-order valence-corrected chi connectivity index (χ3v) is 13.3. The van der Waals surface area contributed by atoms with E-state index in [2.05, 4.69) is 25.0 Å². The molecule has 10 nitrogen and oxygen atoms in total. The van der Waals surface area contributed by atoms with Crippen LogP contribution in [-0.4, -0.2) is 77.4 Å². The van der Waals surface area contributed by atoms with Crippen molar-refractivity contribution in [2.75, 3.05) is 39.6 Å². The van der Waals surface area contributed by atoms with Gasteiger partial charge in [0.05, 0.1) is 30.8 Å². The zero-order valence-electron chi connectivity index (χ0n) is 32.3. The highest BCUT2D eigenvalue weighted by molar-refractivity contribution is 7.89. The topological polar surface area (TPSA) is 116 Å². The van der Waals surface area contributed by atoms with Crippen molar-refractivity contribution in [2.45, 2.75) is 114 Å². The van der Waals surface area contributed by atoms with Gasteiger partial charge >= 0.3 is 0 Å². The van der Waals surface area contributed by atoms with E-state index in [-0.39, 0.29) is 24.3 Å². The zero-order valence-corrected chi connectivity index (χ0v) is 34.1. The number of fused-ring (bicyclic) bond motifs is 1. The Bertz CT molecular complexity index is 1690. The SMILES string of the molecule is CC1(C)OCc2cc([C@@H](O)CNCCc3ccc(OCCOCc4cccc(S(=O)(=O)N(COCC[Si](C)(C)C)C5CCCCC5)c4)cc3)ccc2O1. The highest BCUT2D eigenvalue weighted by Gasteiger charge is 2.33. The van der Waals surface area contributed by atoms with E-state index in [0.29, 0.717) is 33.0 Å². The maximum atomic E-state index is 13.9. The molecule has 0 aromatic heterocycles. The van der Waals surface area contributed by atoms with E-state index < -0.39 is 30.0 Å². The van der Waals surface area contributed by atoms with Gasteiger partial charge in [0, 0.05) is 46.7 Å². The summed E-state index contributed by atoms with van der Waals surface area (Å²) in [7, 11) is -5.01. The molecule has 1 aliphatic heterocycles. The number of nitrogens with one attached hydrogen (secondary N) is 1. The van der Waals surface area contributed by atoms with Gasteiger partial charge in [-0.05, 0) is 84.9 Å². The number of ether oxygens (including phenoxy) is 5. The summed E-state index contributed by atoms with van der Waals surface area (Å²) >= 11 is 0. The summed E-state index contributed by atoms with van der Waals surface area (Å²) in [6, 6.07) is 21.8. The van der Waals surface area contributed by atoms with Crippen molar-refractivity contribution in [3.05, 3.63) is 89.0 Å². The highest BCUT2D eigenvalue weighted by Crippen LogP contribution is 2.33. The van der Waals surface area contributed by atoms with Gasteiger partial charge < -0.3 is 34.1 Å². The zero-order chi connectivity index (χ0) is 37.9. The average Bonchev–Trinajstić information content (AvgIpc) is 3.13. The predicted octanol–water partition coefficient (Wildman–Crippen LogP) is 7.43. The van der Waals surface area contributed by atoms with E-state index in [1.54, 1.807) is 22.5 Å². The Labute approximate surface area is 318 Å². The molecule has 292 valence electrons. The molecule has 1 atom stereocenters. The van der Waals surface area contributed by atoms with Crippen LogP contribution in [0.25, 0.3) is 0 Å². The molecular weight excluding hydrogens is 709 g/mol. The molecule has 53 heavy (non-hydrogen) atoms. The Hall–Kier alpha value is -2.81. The second kappa shape index (κ2) is 19.2. The lowest BCUT2D eigenvalue weighted by molar-refractivity contribution is -0.180. The smallest absolute Gasteiger partial charge is 0.245 e. The Morgan fingerprint density at radius 2 is 1.72 bits per heavy atom. The standard InChI is InChI=1S/C41H60N2O8SSi/c1-41(2)50-30-35-27-34(16-19-40(35)51-41)39(44)28-42-21-20-32-14-17-37(18-15-32)49-23-22-47-29-33-10-9-13-38(26-33)52(45,46)43(36-11-7-6-8-12-36)31-48-24-25-53(3,4)5/h9-10,13-19,26-27,36,39,42,44H,6-8,11-12,20-25,28-31H2,1-5H3/t39-/m0/s1. The molecule has 0 unspecified atom stereocenters. The van der Waals surface area contributed by atoms with E-state index >= 15 is 0 Å². The summed E-state index contributed by atoms with van der Waals surface area (Å²) in [6.07, 6.45) is 5.16. The van der Waals surface area contributed by atoms with Crippen LogP contribution in [0.15, 0.2) is 71.6 Å². The molecule has 1 aliphatic carbocycles. The molecule has 5 rings (SSSR count). The molecule has 0 spiro atoms. The van der Waals surface area contributed by atoms with Crippen LogP contribution in [-0.2, 0) is 43.9 Å². The third kappa shape index (κ3) is 12.9. The largest absolute Gasteiger partial charge is 0.491 e. The van der Waals surface area contributed by atoms with Crippen LogP contribution in [0.1, 0.15) is 74.3 Å². The first-order valence-corrected chi connectivity index (χ1v) is 24.3. The molecule has 12 heteroatoms. The minimum atomic E-state index is -3.73. The quantitative estimate of drug-likeness (QED) is 0.0688. The fourth-order valence-electron chi connectivity index (χ4n) is 6.52. The van der Waals surface area contributed by atoms with Crippen LogP contribution in [0.2, 0.25) is 25.7 Å². The minimum Gasteiger partial charge on any atom is -0.491 e. The maximum Gasteiger partial charge on any atom is 0.245 e. The van der Waals surface area contributed by atoms with E-state index in [9.17, 15) is 13.5 Å². The van der Waals surface area contributed by atoms with Crippen molar-refractivity contribution in [3.63, 3.8) is 0 Å². The lowest BCUT2D eigenvalue weighted by atomic mass is 9.96. The predicted molar refractivity (Wildman–Crippen MR) is 210 cm³/mol. The van der Waals surface area contributed by atoms with E-state index in [1.807, 2.05) is 62.4 Å². The number of benzene rings is 3. The number of sulfonamides is 1. The molecule has 1 heterocycles. The van der Waals surface area contributed by atoms with Gasteiger partial charge in [0.25, 0.3) is 0 Å². The van der Waals surface area contributed by atoms with Gasteiger partial charge in [0.1, 0.15) is 24.8 Å². The number of hydrogen-bond donors (Lipinski definition) is 2. The molecule has 0 bridgehead atoms. The maximum absolute atomic E-state index is 13.9. The third-order valence-electron chi connectivity index (χ3n) is 9.72. The summed E-state index contributed by atoms with van der Waals surface area (Å²) in [6.45, 7) is 14.0. The highest BCUT2D eigenvalue weighted by atomic mass is 32.2. The van der Waals surface area contributed by atoms with Gasteiger partial charge in [-0.3, -0.25) is 0 Å². The normalized spacial score (nSPS) is 17.0. The van der Waals surface area contributed by atoms with Gasteiger partial charge in [0.2, 0.25) is 15.8 Å². The number of hydrogen-bond acceptors (Lipinski definition) is 9. The van der Waals surface area contributed by atoms with Crippen LogP contribution in [0.5, 0.6) is 11.5 Å². The first kappa shape index (κ1) is 41.4. The average molecular weight is 769 g/mol. The molecule has 1 fully saturated rings. The monoisotopic (exact) mass is 768 g/mol. The molecule has 3 aromatic rings. The van der Waals surface area contributed by atoms with Crippen molar-refractivity contribution < 1.29 is 37.2 Å². The molecule has 1 saturated carbocycles. The lowest BCUT2D eigenvalue weighted by Crippen LogP contribution is -2.43. The molecule has 3 aromatic carbocycles. The van der Waals surface area contributed by atoms with Gasteiger partial charge in [-0.25, -0.2) is 8.42 Å². The first-order chi connectivity index (χ1) is 25.3. The Morgan fingerprint density at radius 1 is 0.943 bits per heavy atom. The van der Waals surface area contributed by atoms with Crippen molar-refractivity contribution in [1.29, 1.82) is 0 Å². The van der Waals surface area contributed by atoms with Crippen molar-refractivity contribution in [3.8, 4) is 11.5 Å². The van der Waals surface area contributed by atoms with Crippen molar-refractivity contribution >= 4 is 18.1 Å². The van der Waals surface area contributed by atoms with E-state index in [0.717, 1.165) is 84.9 Å². The molecule has 0 radical (unpaired) electrons. The van der Waals surface area contributed by atoms with Crippen LogP contribution >= 0.6 is 0 Å². The second-order valence-corrected chi connectivity index (χ2v) is 23.4. The summed E-state index contributed by atoms with van der Waals surface area (Å²) in [5, 5.41) is 14.1. The van der Waals surface area contributed by atoms with Crippen molar-refractivity contribution in [2.24, 2.45) is 0 Å². The lowest BCUT2D eigenvalue weighted by Gasteiger charge is -2.33. The van der Waals surface area contributed by atoms with Crippen molar-refractivity contribution in [1.82, 2.24) is 9.62 Å². The van der Waals surface area contributed by atoms with Gasteiger partial charge in [-0.1, -0.05) is 69.2 Å². The van der Waals surface area contributed by atoms with Crippen LogP contribution in [0.3, 0.4) is 0 Å². The number of aliphatic hydroxyl groups excluding tert-OH is 1. The fourth-order valence-corrected chi connectivity index (χ4v) is 8.91. The number of nitrogens with zero attached hydrogens (tertiary/aromatic N) is 1. The first-order valence-electron chi connectivity index (χ1n) is 19.1. The second-order valence-electron chi connectivity index (χ2n) is 15.9. The van der Waals surface area contributed by atoms with E-state index in [4.69, 9.17) is 23.7 Å². The number of aliphatic hydroxyl groups is 1.